The van der Waals surface area contributed by atoms with Crippen LogP contribution in [0, 0.1) is 27.7 Å². The summed E-state index contributed by atoms with van der Waals surface area (Å²) in [6.07, 6.45) is 0. The molecule has 19 heavy (non-hydrogen) atoms. The van der Waals surface area contributed by atoms with Crippen LogP contribution in [0.5, 0.6) is 0 Å². The van der Waals surface area contributed by atoms with Gasteiger partial charge in [0.15, 0.2) is 0 Å². The van der Waals surface area contributed by atoms with Crippen LogP contribution >= 0.6 is 0 Å². The SMILES string of the molecule is Cc1oc2c(C)c3o/c(=N/O)cc(C)c3cc2c1C. The largest absolute Gasteiger partial charge is 0.461 e. The molecule has 1 aromatic carbocycles. The number of nitrogens with zero attached hydrogens (tertiary/aromatic N) is 1. The molecule has 98 valence electrons. The van der Waals surface area contributed by atoms with E-state index in [0.29, 0.717) is 5.58 Å². The van der Waals surface area contributed by atoms with Crippen LogP contribution in [0.2, 0.25) is 0 Å². The Morgan fingerprint density at radius 1 is 0.895 bits per heavy atom. The van der Waals surface area contributed by atoms with Crippen LogP contribution in [-0.4, -0.2) is 5.21 Å². The summed E-state index contributed by atoms with van der Waals surface area (Å²) in [7, 11) is 0. The van der Waals surface area contributed by atoms with Crippen molar-refractivity contribution in [2.24, 2.45) is 5.16 Å². The molecule has 0 aliphatic carbocycles. The highest BCUT2D eigenvalue weighted by molar-refractivity contribution is 5.99. The minimum atomic E-state index is 0.201. The summed E-state index contributed by atoms with van der Waals surface area (Å²) in [5.41, 5.74) is 4.83. The molecule has 0 radical (unpaired) electrons. The summed E-state index contributed by atoms with van der Waals surface area (Å²) >= 11 is 0. The maximum atomic E-state index is 8.88. The predicted octanol–water partition coefficient (Wildman–Crippen LogP) is 3.70. The van der Waals surface area contributed by atoms with E-state index in [1.54, 1.807) is 6.07 Å². The van der Waals surface area contributed by atoms with Gasteiger partial charge in [0.1, 0.15) is 16.9 Å². The Labute approximate surface area is 109 Å². The topological polar surface area (TPSA) is 58.9 Å². The second-order valence-corrected chi connectivity index (χ2v) is 4.91. The monoisotopic (exact) mass is 257 g/mol. The molecule has 0 aliphatic heterocycles. The van der Waals surface area contributed by atoms with E-state index in [1.165, 1.54) is 0 Å². The minimum absolute atomic E-state index is 0.201. The molecular formula is C15H15NO3. The van der Waals surface area contributed by atoms with Crippen LogP contribution in [0.1, 0.15) is 22.5 Å². The summed E-state index contributed by atoms with van der Waals surface area (Å²) in [6, 6.07) is 3.79. The van der Waals surface area contributed by atoms with Crippen LogP contribution in [0.4, 0.5) is 0 Å². The zero-order valence-electron chi connectivity index (χ0n) is 11.4. The number of hydrogen-bond acceptors (Lipinski definition) is 4. The summed E-state index contributed by atoms with van der Waals surface area (Å²) in [4.78, 5) is 0. The van der Waals surface area contributed by atoms with E-state index in [9.17, 15) is 0 Å². The maximum absolute atomic E-state index is 8.88. The van der Waals surface area contributed by atoms with Crippen molar-refractivity contribution in [2.45, 2.75) is 27.7 Å². The molecule has 1 N–H and O–H groups in total. The zero-order chi connectivity index (χ0) is 13.7. The summed E-state index contributed by atoms with van der Waals surface area (Å²) in [5, 5.41) is 14.1. The van der Waals surface area contributed by atoms with Crippen molar-refractivity contribution in [1.29, 1.82) is 0 Å². The number of fused-ring (bicyclic) bond motifs is 2. The average molecular weight is 257 g/mol. The van der Waals surface area contributed by atoms with Crippen LogP contribution in [-0.2, 0) is 0 Å². The van der Waals surface area contributed by atoms with Gasteiger partial charge in [0.05, 0.1) is 0 Å². The van der Waals surface area contributed by atoms with E-state index in [2.05, 4.69) is 18.1 Å². The van der Waals surface area contributed by atoms with Crippen molar-refractivity contribution >= 4 is 21.9 Å². The lowest BCUT2D eigenvalue weighted by atomic mass is 10.0. The number of aryl methyl sites for hydroxylation is 4. The van der Waals surface area contributed by atoms with Crippen molar-refractivity contribution in [1.82, 2.24) is 0 Å². The van der Waals surface area contributed by atoms with Gasteiger partial charge in [-0.1, -0.05) is 0 Å². The van der Waals surface area contributed by atoms with Gasteiger partial charge in [0.2, 0.25) is 0 Å². The zero-order valence-corrected chi connectivity index (χ0v) is 11.4. The number of benzene rings is 1. The molecule has 0 saturated carbocycles. The molecular weight excluding hydrogens is 242 g/mol. The summed E-state index contributed by atoms with van der Waals surface area (Å²) in [5.74, 6) is 0.915. The second-order valence-electron chi connectivity index (χ2n) is 4.91. The fraction of sp³-hybridized carbons (Fsp3) is 0.267. The molecule has 3 aromatic rings. The highest BCUT2D eigenvalue weighted by Crippen LogP contribution is 2.33. The van der Waals surface area contributed by atoms with Crippen molar-refractivity contribution in [3.05, 3.63) is 40.1 Å². The van der Waals surface area contributed by atoms with E-state index < -0.39 is 0 Å². The Morgan fingerprint density at radius 2 is 1.58 bits per heavy atom. The van der Waals surface area contributed by atoms with E-state index in [4.69, 9.17) is 14.0 Å². The van der Waals surface area contributed by atoms with Crippen molar-refractivity contribution in [3.63, 3.8) is 0 Å². The molecule has 4 heteroatoms. The molecule has 2 heterocycles. The third-order valence-electron chi connectivity index (χ3n) is 3.72. The molecule has 0 amide bonds. The quantitative estimate of drug-likeness (QED) is 0.493. The van der Waals surface area contributed by atoms with Crippen molar-refractivity contribution in [3.8, 4) is 0 Å². The predicted molar refractivity (Wildman–Crippen MR) is 72.3 cm³/mol. The summed E-state index contributed by atoms with van der Waals surface area (Å²) < 4.78 is 11.4. The van der Waals surface area contributed by atoms with Gasteiger partial charge in [0, 0.05) is 22.4 Å². The molecule has 0 bridgehead atoms. The van der Waals surface area contributed by atoms with Crippen LogP contribution in [0.25, 0.3) is 21.9 Å². The molecule has 3 rings (SSSR count). The maximum Gasteiger partial charge on any atom is 0.255 e. The average Bonchev–Trinajstić information content (AvgIpc) is 2.68. The lowest BCUT2D eigenvalue weighted by Crippen LogP contribution is -2.01. The molecule has 0 unspecified atom stereocenters. The number of furan rings is 1. The first-order valence-corrected chi connectivity index (χ1v) is 6.14. The van der Waals surface area contributed by atoms with Crippen molar-refractivity contribution < 1.29 is 14.0 Å². The highest BCUT2D eigenvalue weighted by Gasteiger charge is 2.15. The Bertz CT molecular complexity index is 869. The van der Waals surface area contributed by atoms with Crippen molar-refractivity contribution in [2.75, 3.05) is 0 Å². The first-order chi connectivity index (χ1) is 9.02. The van der Waals surface area contributed by atoms with Gasteiger partial charge in [-0.3, -0.25) is 0 Å². The van der Waals surface area contributed by atoms with Gasteiger partial charge in [-0.25, -0.2) is 0 Å². The fourth-order valence-corrected chi connectivity index (χ4v) is 2.48. The van der Waals surface area contributed by atoms with E-state index in [0.717, 1.165) is 38.8 Å². The number of hydrogen-bond donors (Lipinski definition) is 1. The molecule has 4 nitrogen and oxygen atoms in total. The molecule has 0 aliphatic rings. The Morgan fingerprint density at radius 3 is 2.26 bits per heavy atom. The van der Waals surface area contributed by atoms with E-state index in [-0.39, 0.29) is 5.55 Å². The van der Waals surface area contributed by atoms with Gasteiger partial charge in [0.25, 0.3) is 5.55 Å². The lowest BCUT2D eigenvalue weighted by molar-refractivity contribution is 0.276. The van der Waals surface area contributed by atoms with Gasteiger partial charge in [-0.15, -0.1) is 0 Å². The fourth-order valence-electron chi connectivity index (χ4n) is 2.48. The Balaban J connectivity index is 2.61. The third-order valence-corrected chi connectivity index (χ3v) is 3.72. The van der Waals surface area contributed by atoms with Crippen LogP contribution < -0.4 is 5.55 Å². The van der Waals surface area contributed by atoms with Gasteiger partial charge >= 0.3 is 0 Å². The molecule has 0 spiro atoms. The van der Waals surface area contributed by atoms with E-state index in [1.807, 2.05) is 20.8 Å². The lowest BCUT2D eigenvalue weighted by Gasteiger charge is -2.05. The first kappa shape index (κ1) is 11.8. The molecule has 0 atom stereocenters. The smallest absolute Gasteiger partial charge is 0.255 e. The molecule has 0 saturated heterocycles. The first-order valence-electron chi connectivity index (χ1n) is 6.14. The van der Waals surface area contributed by atoms with E-state index >= 15 is 0 Å². The van der Waals surface area contributed by atoms with Gasteiger partial charge < -0.3 is 14.0 Å². The van der Waals surface area contributed by atoms with Crippen LogP contribution in [0.15, 0.2) is 26.1 Å². The summed E-state index contributed by atoms with van der Waals surface area (Å²) in [6.45, 7) is 7.94. The minimum Gasteiger partial charge on any atom is -0.461 e. The second kappa shape index (κ2) is 3.88. The van der Waals surface area contributed by atoms with Crippen LogP contribution in [0.3, 0.4) is 0 Å². The normalized spacial score (nSPS) is 12.7. The third kappa shape index (κ3) is 1.56. The molecule has 2 aromatic heterocycles. The van der Waals surface area contributed by atoms with Gasteiger partial charge in [-0.05, 0) is 50.0 Å². The standard InChI is InChI=1S/C15H15NO3/c1-7-5-13(16-17)19-14-9(3)15-12(6-11(7)14)8(2)10(4)18-15/h5-6,17H,1-4H3/b16-13+. The molecule has 0 fully saturated rings. The van der Waals surface area contributed by atoms with Gasteiger partial charge in [-0.2, -0.15) is 0 Å². The Hall–Kier alpha value is -2.23. The Kier molecular flexibility index (Phi) is 2.42. The highest BCUT2D eigenvalue weighted by atomic mass is 16.5. The number of rotatable bonds is 0.